The van der Waals surface area contributed by atoms with Gasteiger partial charge in [-0.05, 0) is 56.1 Å². The van der Waals surface area contributed by atoms with Gasteiger partial charge in [0.25, 0.3) is 0 Å². The van der Waals surface area contributed by atoms with Gasteiger partial charge < -0.3 is 9.88 Å². The summed E-state index contributed by atoms with van der Waals surface area (Å²) in [5.41, 5.74) is 2.33. The Morgan fingerprint density at radius 3 is 2.86 bits per heavy atom. The number of fused-ring (bicyclic) bond motifs is 3. The number of benzene rings is 1. The van der Waals surface area contributed by atoms with E-state index in [-0.39, 0.29) is 0 Å². The minimum atomic E-state index is 0.611. The van der Waals surface area contributed by atoms with Crippen LogP contribution in [0.4, 0.5) is 0 Å². The van der Waals surface area contributed by atoms with Crippen molar-refractivity contribution in [2.24, 2.45) is 24.8 Å². The second kappa shape index (κ2) is 5.13. The first kappa shape index (κ1) is 13.3. The zero-order chi connectivity index (χ0) is 14.4. The Labute approximate surface area is 126 Å². The molecule has 2 saturated carbocycles. The van der Waals surface area contributed by atoms with E-state index in [0.29, 0.717) is 6.04 Å². The number of aryl methyl sites for hydroxylation is 1. The molecule has 4 rings (SSSR count). The molecule has 2 aliphatic rings. The number of hydrogen-bond acceptors (Lipinski definition) is 2. The van der Waals surface area contributed by atoms with E-state index in [1.807, 2.05) is 0 Å². The Bertz CT molecular complexity index is 645. The van der Waals surface area contributed by atoms with Crippen molar-refractivity contribution < 1.29 is 0 Å². The lowest BCUT2D eigenvalue weighted by Crippen LogP contribution is -2.36. The largest absolute Gasteiger partial charge is 0.330 e. The molecule has 2 aromatic rings. The third-order valence-corrected chi connectivity index (χ3v) is 5.90. The normalized spacial score (nSPS) is 29.3. The predicted molar refractivity (Wildman–Crippen MR) is 86.0 cm³/mol. The molecule has 4 atom stereocenters. The standard InChI is InChI=1S/C18H25N3/c1-12(15-10-13-7-8-14(15)9-13)19-11-18-20-16-5-3-4-6-17(16)21(18)2/h3-6,12-15,19H,7-11H2,1-2H3. The van der Waals surface area contributed by atoms with Gasteiger partial charge in [0.1, 0.15) is 5.82 Å². The summed E-state index contributed by atoms with van der Waals surface area (Å²) in [6, 6.07) is 8.99. The highest BCUT2D eigenvalue weighted by Crippen LogP contribution is 2.49. The molecular formula is C18H25N3. The van der Waals surface area contributed by atoms with Crippen LogP contribution in [0.1, 0.15) is 38.4 Å². The summed E-state index contributed by atoms with van der Waals surface area (Å²) in [6.45, 7) is 3.24. The molecule has 0 amide bonds. The average molecular weight is 283 g/mol. The second-order valence-corrected chi connectivity index (χ2v) is 7.08. The number of nitrogens with zero attached hydrogens (tertiary/aromatic N) is 2. The smallest absolute Gasteiger partial charge is 0.123 e. The summed E-state index contributed by atoms with van der Waals surface area (Å²) < 4.78 is 2.22. The van der Waals surface area contributed by atoms with Gasteiger partial charge in [-0.1, -0.05) is 18.6 Å². The Hall–Kier alpha value is -1.35. The lowest BCUT2D eigenvalue weighted by atomic mass is 9.84. The van der Waals surface area contributed by atoms with Crippen molar-refractivity contribution in [1.82, 2.24) is 14.9 Å². The van der Waals surface area contributed by atoms with E-state index in [1.54, 1.807) is 0 Å². The van der Waals surface area contributed by atoms with Crippen molar-refractivity contribution in [2.75, 3.05) is 0 Å². The minimum Gasteiger partial charge on any atom is -0.330 e. The van der Waals surface area contributed by atoms with Crippen LogP contribution in [-0.4, -0.2) is 15.6 Å². The minimum absolute atomic E-state index is 0.611. The summed E-state index contributed by atoms with van der Waals surface area (Å²) in [6.07, 6.45) is 5.89. The number of para-hydroxylation sites is 2. The molecule has 3 nitrogen and oxygen atoms in total. The number of nitrogens with one attached hydrogen (secondary N) is 1. The van der Waals surface area contributed by atoms with Crippen LogP contribution in [-0.2, 0) is 13.6 Å². The van der Waals surface area contributed by atoms with Crippen molar-refractivity contribution in [1.29, 1.82) is 0 Å². The molecular weight excluding hydrogens is 258 g/mol. The maximum atomic E-state index is 4.76. The SMILES string of the molecule is CC(NCc1nc2ccccc2n1C)C1CC2CCC1C2. The number of aromatic nitrogens is 2. The number of imidazole rings is 1. The molecule has 1 N–H and O–H groups in total. The Morgan fingerprint density at radius 1 is 1.29 bits per heavy atom. The van der Waals surface area contributed by atoms with Crippen LogP contribution < -0.4 is 5.32 Å². The third-order valence-electron chi connectivity index (χ3n) is 5.90. The monoisotopic (exact) mass is 283 g/mol. The topological polar surface area (TPSA) is 29.9 Å². The summed E-state index contributed by atoms with van der Waals surface area (Å²) in [5.74, 6) is 4.04. The summed E-state index contributed by atoms with van der Waals surface area (Å²) >= 11 is 0. The third kappa shape index (κ3) is 2.28. The molecule has 1 aromatic heterocycles. The zero-order valence-electron chi connectivity index (χ0n) is 13.0. The average Bonchev–Trinajstić information content (AvgIpc) is 3.20. The van der Waals surface area contributed by atoms with Gasteiger partial charge in [-0.25, -0.2) is 4.98 Å². The highest BCUT2D eigenvalue weighted by molar-refractivity contribution is 5.75. The van der Waals surface area contributed by atoms with E-state index in [1.165, 1.54) is 31.2 Å². The van der Waals surface area contributed by atoms with Crippen LogP contribution in [0.2, 0.25) is 0 Å². The molecule has 112 valence electrons. The van der Waals surface area contributed by atoms with Crippen molar-refractivity contribution in [2.45, 2.75) is 45.2 Å². The maximum Gasteiger partial charge on any atom is 0.123 e. The van der Waals surface area contributed by atoms with E-state index in [0.717, 1.165) is 35.6 Å². The van der Waals surface area contributed by atoms with Gasteiger partial charge in [-0.2, -0.15) is 0 Å². The first-order valence-corrected chi connectivity index (χ1v) is 8.36. The van der Waals surface area contributed by atoms with E-state index in [2.05, 4.69) is 48.1 Å². The van der Waals surface area contributed by atoms with Crippen molar-refractivity contribution in [3.63, 3.8) is 0 Å². The van der Waals surface area contributed by atoms with E-state index >= 15 is 0 Å². The van der Waals surface area contributed by atoms with Gasteiger partial charge >= 0.3 is 0 Å². The van der Waals surface area contributed by atoms with Crippen LogP contribution in [0.15, 0.2) is 24.3 Å². The van der Waals surface area contributed by atoms with E-state index < -0.39 is 0 Å². The quantitative estimate of drug-likeness (QED) is 0.931. The Morgan fingerprint density at radius 2 is 2.14 bits per heavy atom. The second-order valence-electron chi connectivity index (χ2n) is 7.08. The molecule has 0 aliphatic heterocycles. The molecule has 0 spiro atoms. The molecule has 0 radical (unpaired) electrons. The first-order chi connectivity index (χ1) is 10.2. The van der Waals surface area contributed by atoms with Gasteiger partial charge in [-0.3, -0.25) is 0 Å². The lowest BCUT2D eigenvalue weighted by Gasteiger charge is -2.28. The molecule has 4 unspecified atom stereocenters. The first-order valence-electron chi connectivity index (χ1n) is 8.36. The maximum absolute atomic E-state index is 4.76. The van der Waals surface area contributed by atoms with Gasteiger partial charge in [-0.15, -0.1) is 0 Å². The number of hydrogen-bond donors (Lipinski definition) is 1. The Balaban J connectivity index is 1.44. The van der Waals surface area contributed by atoms with Gasteiger partial charge in [0, 0.05) is 13.1 Å². The molecule has 2 fully saturated rings. The fraction of sp³-hybridized carbons (Fsp3) is 0.611. The zero-order valence-corrected chi connectivity index (χ0v) is 13.0. The summed E-state index contributed by atoms with van der Waals surface area (Å²) in [7, 11) is 2.12. The van der Waals surface area contributed by atoms with Gasteiger partial charge in [0.05, 0.1) is 17.6 Å². The molecule has 1 aromatic carbocycles. The van der Waals surface area contributed by atoms with E-state index in [9.17, 15) is 0 Å². The van der Waals surface area contributed by atoms with Crippen LogP contribution in [0.3, 0.4) is 0 Å². The number of rotatable bonds is 4. The van der Waals surface area contributed by atoms with Crippen molar-refractivity contribution >= 4 is 11.0 Å². The predicted octanol–water partition coefficient (Wildman–Crippen LogP) is 3.49. The highest BCUT2D eigenvalue weighted by Gasteiger charge is 2.41. The summed E-state index contributed by atoms with van der Waals surface area (Å²) in [4.78, 5) is 4.76. The molecule has 0 saturated heterocycles. The van der Waals surface area contributed by atoms with Gasteiger partial charge in [0.15, 0.2) is 0 Å². The highest BCUT2D eigenvalue weighted by atomic mass is 15.1. The Kier molecular flexibility index (Phi) is 3.26. The van der Waals surface area contributed by atoms with Crippen molar-refractivity contribution in [3.05, 3.63) is 30.1 Å². The van der Waals surface area contributed by atoms with Crippen molar-refractivity contribution in [3.8, 4) is 0 Å². The fourth-order valence-corrected chi connectivity index (χ4v) is 4.66. The fourth-order valence-electron chi connectivity index (χ4n) is 4.66. The van der Waals surface area contributed by atoms with Crippen LogP contribution in [0.25, 0.3) is 11.0 Å². The molecule has 21 heavy (non-hydrogen) atoms. The summed E-state index contributed by atoms with van der Waals surface area (Å²) in [5, 5.41) is 3.74. The molecule has 2 bridgehead atoms. The molecule has 2 aliphatic carbocycles. The van der Waals surface area contributed by atoms with E-state index in [4.69, 9.17) is 4.98 Å². The van der Waals surface area contributed by atoms with Crippen LogP contribution in [0, 0.1) is 17.8 Å². The van der Waals surface area contributed by atoms with Gasteiger partial charge in [0.2, 0.25) is 0 Å². The lowest BCUT2D eigenvalue weighted by molar-refractivity contribution is 0.258. The van der Waals surface area contributed by atoms with Crippen LogP contribution >= 0.6 is 0 Å². The molecule has 1 heterocycles. The van der Waals surface area contributed by atoms with Crippen LogP contribution in [0.5, 0.6) is 0 Å². The molecule has 3 heteroatoms.